The molecular weight excluding hydrogens is 214 g/mol. The van der Waals surface area contributed by atoms with E-state index in [0.717, 1.165) is 30.8 Å². The molecular formula is C13H15N3O. The van der Waals surface area contributed by atoms with Gasteiger partial charge in [-0.25, -0.2) is 0 Å². The van der Waals surface area contributed by atoms with Crippen LogP contribution >= 0.6 is 0 Å². The maximum absolute atomic E-state index is 5.77. The Morgan fingerprint density at radius 2 is 2.12 bits per heavy atom. The molecule has 2 heterocycles. The molecule has 0 spiro atoms. The lowest BCUT2D eigenvalue weighted by atomic mass is 10.2. The van der Waals surface area contributed by atoms with Gasteiger partial charge in [0.05, 0.1) is 5.69 Å². The molecule has 1 aromatic heterocycles. The average molecular weight is 229 g/mol. The second kappa shape index (κ2) is 4.59. The van der Waals surface area contributed by atoms with Gasteiger partial charge in [-0.2, -0.15) is 0 Å². The summed E-state index contributed by atoms with van der Waals surface area (Å²) in [6.07, 6.45) is 1.30. The van der Waals surface area contributed by atoms with Crippen LogP contribution in [0.15, 0.2) is 36.4 Å². The summed E-state index contributed by atoms with van der Waals surface area (Å²) in [6.45, 7) is 1.94. The van der Waals surface area contributed by atoms with Crippen molar-refractivity contribution in [3.63, 3.8) is 0 Å². The van der Waals surface area contributed by atoms with E-state index < -0.39 is 0 Å². The highest BCUT2D eigenvalue weighted by Gasteiger charge is 2.17. The highest BCUT2D eigenvalue weighted by atomic mass is 16.5. The molecule has 0 aliphatic carbocycles. The van der Waals surface area contributed by atoms with E-state index in [-0.39, 0.29) is 6.10 Å². The Morgan fingerprint density at radius 3 is 2.88 bits per heavy atom. The lowest BCUT2D eigenvalue weighted by Gasteiger charge is -2.08. The lowest BCUT2D eigenvalue weighted by Crippen LogP contribution is -2.19. The fourth-order valence-corrected chi connectivity index (χ4v) is 2.03. The third kappa shape index (κ3) is 2.31. The number of hydrogen-bond donors (Lipinski definition) is 2. The summed E-state index contributed by atoms with van der Waals surface area (Å²) < 4.78 is 5.77. The second-order valence-corrected chi connectivity index (χ2v) is 4.22. The third-order valence-electron chi connectivity index (χ3n) is 2.94. The molecule has 1 saturated heterocycles. The van der Waals surface area contributed by atoms with Crippen LogP contribution in [0.25, 0.3) is 11.3 Å². The van der Waals surface area contributed by atoms with Gasteiger partial charge in [-0.15, -0.1) is 5.10 Å². The number of ether oxygens (including phenoxy) is 1. The van der Waals surface area contributed by atoms with E-state index >= 15 is 0 Å². The molecule has 3 rings (SSSR count). The molecule has 1 aliphatic heterocycles. The van der Waals surface area contributed by atoms with E-state index in [1.54, 1.807) is 0 Å². The molecule has 88 valence electrons. The first kappa shape index (κ1) is 10.4. The number of hydrogen-bond acceptors (Lipinski definition) is 3. The number of rotatable bonds is 3. The number of H-pyrrole nitrogens is 1. The van der Waals surface area contributed by atoms with Crippen molar-refractivity contribution in [2.45, 2.75) is 12.5 Å². The monoisotopic (exact) mass is 229 g/mol. The summed E-state index contributed by atoms with van der Waals surface area (Å²) in [6, 6.07) is 12.1. The molecule has 2 N–H and O–H groups in total. The summed E-state index contributed by atoms with van der Waals surface area (Å²) in [5.41, 5.74) is 2.12. The summed E-state index contributed by atoms with van der Waals surface area (Å²) in [5.74, 6) is 0.678. The van der Waals surface area contributed by atoms with E-state index in [2.05, 4.69) is 27.6 Å². The van der Waals surface area contributed by atoms with Crippen LogP contribution in [0.5, 0.6) is 5.88 Å². The Bertz CT molecular complexity index is 474. The number of nitrogens with one attached hydrogen (secondary N) is 2. The van der Waals surface area contributed by atoms with Gasteiger partial charge in [0.2, 0.25) is 5.88 Å². The topological polar surface area (TPSA) is 49.9 Å². The number of aromatic amines is 1. The van der Waals surface area contributed by atoms with Crippen LogP contribution in [0.3, 0.4) is 0 Å². The van der Waals surface area contributed by atoms with E-state index in [4.69, 9.17) is 4.74 Å². The highest BCUT2D eigenvalue weighted by Crippen LogP contribution is 2.21. The molecule has 0 saturated carbocycles. The first-order valence-corrected chi connectivity index (χ1v) is 5.90. The van der Waals surface area contributed by atoms with Crippen molar-refractivity contribution in [3.8, 4) is 17.1 Å². The summed E-state index contributed by atoms with van der Waals surface area (Å²) in [5, 5.41) is 10.4. The van der Waals surface area contributed by atoms with Crippen molar-refractivity contribution in [2.75, 3.05) is 13.1 Å². The predicted molar refractivity (Wildman–Crippen MR) is 65.9 cm³/mol. The van der Waals surface area contributed by atoms with Crippen LogP contribution in [0, 0.1) is 0 Å². The molecule has 0 bridgehead atoms. The highest BCUT2D eigenvalue weighted by molar-refractivity contribution is 5.59. The molecule has 0 amide bonds. The van der Waals surface area contributed by atoms with Crippen LogP contribution in [0.2, 0.25) is 0 Å². The van der Waals surface area contributed by atoms with Gasteiger partial charge in [0.1, 0.15) is 6.10 Å². The molecule has 1 fully saturated rings. The first-order chi connectivity index (χ1) is 8.42. The number of benzene rings is 1. The zero-order valence-corrected chi connectivity index (χ0v) is 9.52. The first-order valence-electron chi connectivity index (χ1n) is 5.90. The zero-order chi connectivity index (χ0) is 11.5. The van der Waals surface area contributed by atoms with E-state index in [1.165, 1.54) is 0 Å². The third-order valence-corrected chi connectivity index (χ3v) is 2.94. The second-order valence-electron chi connectivity index (χ2n) is 4.22. The minimum atomic E-state index is 0.252. The van der Waals surface area contributed by atoms with Gasteiger partial charge in [0.15, 0.2) is 0 Å². The molecule has 2 aromatic rings. The van der Waals surface area contributed by atoms with Crippen molar-refractivity contribution in [1.82, 2.24) is 15.5 Å². The van der Waals surface area contributed by atoms with Crippen molar-refractivity contribution < 1.29 is 4.74 Å². The van der Waals surface area contributed by atoms with Crippen molar-refractivity contribution in [2.24, 2.45) is 0 Å². The van der Waals surface area contributed by atoms with Crippen molar-refractivity contribution >= 4 is 0 Å². The molecule has 1 aliphatic rings. The fourth-order valence-electron chi connectivity index (χ4n) is 2.03. The van der Waals surface area contributed by atoms with Gasteiger partial charge in [0, 0.05) is 12.6 Å². The Balaban J connectivity index is 1.74. The smallest absolute Gasteiger partial charge is 0.233 e. The van der Waals surface area contributed by atoms with E-state index in [1.807, 2.05) is 24.3 Å². The SMILES string of the molecule is c1ccc(-c2cc(OC3CCNC3)n[nH]2)cc1. The quantitative estimate of drug-likeness (QED) is 0.844. The van der Waals surface area contributed by atoms with E-state index in [9.17, 15) is 0 Å². The molecule has 1 aromatic carbocycles. The van der Waals surface area contributed by atoms with Crippen LogP contribution < -0.4 is 10.1 Å². The van der Waals surface area contributed by atoms with Gasteiger partial charge >= 0.3 is 0 Å². The molecule has 1 unspecified atom stereocenters. The summed E-state index contributed by atoms with van der Waals surface area (Å²) >= 11 is 0. The van der Waals surface area contributed by atoms with Gasteiger partial charge in [0.25, 0.3) is 0 Å². The molecule has 1 atom stereocenters. The average Bonchev–Trinajstić information content (AvgIpc) is 3.02. The number of nitrogens with zero attached hydrogens (tertiary/aromatic N) is 1. The zero-order valence-electron chi connectivity index (χ0n) is 9.52. The summed E-state index contributed by atoms with van der Waals surface area (Å²) in [7, 11) is 0. The summed E-state index contributed by atoms with van der Waals surface area (Å²) in [4.78, 5) is 0. The van der Waals surface area contributed by atoms with Crippen LogP contribution in [0.1, 0.15) is 6.42 Å². The minimum absolute atomic E-state index is 0.252. The maximum atomic E-state index is 5.77. The Kier molecular flexibility index (Phi) is 2.80. The molecule has 4 nitrogen and oxygen atoms in total. The largest absolute Gasteiger partial charge is 0.472 e. The van der Waals surface area contributed by atoms with Gasteiger partial charge in [-0.1, -0.05) is 30.3 Å². The standard InChI is InChI=1S/C13H15N3O/c1-2-4-10(5-3-1)12-8-13(16-15-12)17-11-6-7-14-9-11/h1-5,8,11,14H,6-7,9H2,(H,15,16). The van der Waals surface area contributed by atoms with Crippen LogP contribution in [-0.4, -0.2) is 29.4 Å². The Morgan fingerprint density at radius 1 is 1.24 bits per heavy atom. The van der Waals surface area contributed by atoms with Gasteiger partial charge < -0.3 is 10.1 Å². The molecule has 17 heavy (non-hydrogen) atoms. The minimum Gasteiger partial charge on any atom is -0.472 e. The maximum Gasteiger partial charge on any atom is 0.233 e. The molecule has 0 radical (unpaired) electrons. The van der Waals surface area contributed by atoms with Crippen molar-refractivity contribution in [3.05, 3.63) is 36.4 Å². The normalized spacial score (nSPS) is 19.4. The lowest BCUT2D eigenvalue weighted by molar-refractivity contribution is 0.214. The van der Waals surface area contributed by atoms with Crippen LogP contribution in [0.4, 0.5) is 0 Å². The molecule has 4 heteroatoms. The predicted octanol–water partition coefficient (Wildman–Crippen LogP) is 1.82. The van der Waals surface area contributed by atoms with Gasteiger partial charge in [-0.05, 0) is 18.5 Å². The Labute approximate surface area is 100 Å². The van der Waals surface area contributed by atoms with Crippen molar-refractivity contribution in [1.29, 1.82) is 0 Å². The van der Waals surface area contributed by atoms with Crippen LogP contribution in [-0.2, 0) is 0 Å². The van der Waals surface area contributed by atoms with E-state index in [0.29, 0.717) is 5.88 Å². The fraction of sp³-hybridized carbons (Fsp3) is 0.308. The Hall–Kier alpha value is -1.81. The van der Waals surface area contributed by atoms with Gasteiger partial charge in [-0.3, -0.25) is 5.10 Å². The number of aromatic nitrogens is 2.